The second kappa shape index (κ2) is 8.79. The summed E-state index contributed by atoms with van der Waals surface area (Å²) in [4.78, 5) is 16.7. The molecule has 1 aliphatic heterocycles. The molecule has 3 atom stereocenters. The molecule has 1 saturated carbocycles. The van der Waals surface area contributed by atoms with Gasteiger partial charge >= 0.3 is 0 Å². The van der Waals surface area contributed by atoms with Crippen molar-refractivity contribution in [3.05, 3.63) is 24.0 Å². The van der Waals surface area contributed by atoms with Crippen molar-refractivity contribution in [2.75, 3.05) is 33.4 Å². The third-order valence-corrected chi connectivity index (χ3v) is 5.54. The Morgan fingerprint density at radius 1 is 1.35 bits per heavy atom. The predicted octanol–water partition coefficient (Wildman–Crippen LogP) is 0.896. The fourth-order valence-corrected chi connectivity index (χ4v) is 4.01. The molecule has 1 amide bonds. The molecule has 1 aromatic rings. The Morgan fingerprint density at radius 3 is 2.77 bits per heavy atom. The first-order chi connectivity index (χ1) is 12.6. The molecule has 2 heterocycles. The zero-order chi connectivity index (χ0) is 18.5. The molecule has 0 radical (unpaired) electrons. The molecular formula is C19H30N4O3. The fourth-order valence-electron chi connectivity index (χ4n) is 4.01. The van der Waals surface area contributed by atoms with Gasteiger partial charge in [-0.15, -0.1) is 0 Å². The summed E-state index contributed by atoms with van der Waals surface area (Å²) in [5.74, 6) is -0.0828. The third-order valence-electron chi connectivity index (χ3n) is 5.54. The molecule has 144 valence electrons. The quantitative estimate of drug-likeness (QED) is 0.636. The average molecular weight is 362 g/mol. The van der Waals surface area contributed by atoms with E-state index in [1.165, 1.54) is 0 Å². The van der Waals surface area contributed by atoms with E-state index in [4.69, 9.17) is 4.74 Å². The summed E-state index contributed by atoms with van der Waals surface area (Å²) in [6, 6.07) is -0.0552. The van der Waals surface area contributed by atoms with Gasteiger partial charge in [-0.25, -0.2) is 0 Å². The van der Waals surface area contributed by atoms with Crippen molar-refractivity contribution in [2.24, 2.45) is 7.05 Å². The molecule has 2 fully saturated rings. The summed E-state index contributed by atoms with van der Waals surface area (Å²) in [5.41, 5.74) is 0.891. The Labute approximate surface area is 155 Å². The number of carbonyl (C=O) groups excluding carboxylic acids is 1. The summed E-state index contributed by atoms with van der Waals surface area (Å²) in [7, 11) is 3.64. The number of carbonyl (C=O) groups is 1. The van der Waals surface area contributed by atoms with Gasteiger partial charge < -0.3 is 14.7 Å². The number of aryl methyl sites for hydroxylation is 1. The topological polar surface area (TPSA) is 70.8 Å². The Bertz CT molecular complexity index is 624. The molecule has 0 bridgehead atoms. The summed E-state index contributed by atoms with van der Waals surface area (Å²) >= 11 is 0. The normalized spacial score (nSPS) is 28.2. The fraction of sp³-hybridized carbons (Fsp3) is 0.684. The summed E-state index contributed by atoms with van der Waals surface area (Å²) in [6.45, 7) is 3.15. The van der Waals surface area contributed by atoms with E-state index in [0.29, 0.717) is 0 Å². The lowest BCUT2D eigenvalue weighted by atomic mass is 9.98. The third kappa shape index (κ3) is 4.52. The highest BCUT2D eigenvalue weighted by atomic mass is 16.5. The standard InChI is InChI=1S/C19H30N4O3/c1-21-14-15(13-20-21)7-8-18(24)22(2)16-5-3-4-6-17(19(16)25)23-9-11-26-12-10-23/h7-8,13-14,16-17,19,25H,3-6,9-12H2,1-2H3/b8-7+/t16-,17-,19-/m1/s1. The van der Waals surface area contributed by atoms with Gasteiger partial charge in [-0.2, -0.15) is 5.10 Å². The lowest BCUT2D eigenvalue weighted by molar-refractivity contribution is -0.130. The number of aliphatic hydroxyl groups is 1. The summed E-state index contributed by atoms with van der Waals surface area (Å²) < 4.78 is 7.15. The first kappa shape index (κ1) is 19.1. The van der Waals surface area contributed by atoms with Crippen molar-refractivity contribution in [1.82, 2.24) is 19.6 Å². The van der Waals surface area contributed by atoms with Crippen molar-refractivity contribution in [2.45, 2.75) is 43.9 Å². The van der Waals surface area contributed by atoms with Gasteiger partial charge in [0, 0.05) is 51.1 Å². The van der Waals surface area contributed by atoms with Crippen molar-refractivity contribution in [3.63, 3.8) is 0 Å². The molecule has 1 saturated heterocycles. The zero-order valence-corrected chi connectivity index (χ0v) is 15.8. The molecule has 7 heteroatoms. The predicted molar refractivity (Wildman–Crippen MR) is 99.5 cm³/mol. The van der Waals surface area contributed by atoms with Crippen molar-refractivity contribution in [1.29, 1.82) is 0 Å². The molecule has 3 rings (SSSR count). The van der Waals surface area contributed by atoms with Crippen LogP contribution >= 0.6 is 0 Å². The maximum Gasteiger partial charge on any atom is 0.246 e. The van der Waals surface area contributed by atoms with Crippen molar-refractivity contribution in [3.8, 4) is 0 Å². The average Bonchev–Trinajstić information content (AvgIpc) is 2.97. The monoisotopic (exact) mass is 362 g/mol. The minimum absolute atomic E-state index is 0.0828. The minimum Gasteiger partial charge on any atom is -0.389 e. The number of aromatic nitrogens is 2. The first-order valence-corrected chi connectivity index (χ1v) is 9.49. The molecular weight excluding hydrogens is 332 g/mol. The van der Waals surface area contributed by atoms with E-state index < -0.39 is 6.10 Å². The van der Waals surface area contributed by atoms with Crippen molar-refractivity contribution >= 4 is 12.0 Å². The van der Waals surface area contributed by atoms with E-state index in [-0.39, 0.29) is 18.0 Å². The minimum atomic E-state index is -0.531. The molecule has 2 aliphatic rings. The molecule has 0 aromatic carbocycles. The Hall–Kier alpha value is -1.70. The largest absolute Gasteiger partial charge is 0.389 e. The van der Waals surface area contributed by atoms with Crippen LogP contribution in [-0.2, 0) is 16.6 Å². The highest BCUT2D eigenvalue weighted by Gasteiger charge is 2.37. The van der Waals surface area contributed by atoms with Gasteiger partial charge in [-0.3, -0.25) is 14.4 Å². The number of nitrogens with zero attached hydrogens (tertiary/aromatic N) is 4. The molecule has 7 nitrogen and oxygen atoms in total. The maximum atomic E-state index is 12.6. The van der Waals surface area contributed by atoms with Crippen molar-refractivity contribution < 1.29 is 14.6 Å². The first-order valence-electron chi connectivity index (χ1n) is 9.49. The van der Waals surface area contributed by atoms with E-state index in [2.05, 4.69) is 10.00 Å². The lowest BCUT2D eigenvalue weighted by Gasteiger charge is -2.40. The Morgan fingerprint density at radius 2 is 2.08 bits per heavy atom. The number of hydrogen-bond acceptors (Lipinski definition) is 5. The maximum absolute atomic E-state index is 12.6. The lowest BCUT2D eigenvalue weighted by Crippen LogP contribution is -2.55. The van der Waals surface area contributed by atoms with E-state index >= 15 is 0 Å². The number of aliphatic hydroxyl groups excluding tert-OH is 1. The number of ether oxygens (including phenoxy) is 1. The van der Waals surface area contributed by atoms with Crippen LogP contribution in [0.4, 0.5) is 0 Å². The molecule has 0 unspecified atom stereocenters. The summed E-state index contributed by atoms with van der Waals surface area (Å²) in [6.07, 6.45) is 10.3. The molecule has 1 aliphatic carbocycles. The van der Waals surface area contributed by atoms with Crippen LogP contribution < -0.4 is 0 Å². The van der Waals surface area contributed by atoms with Gasteiger partial charge in [0.1, 0.15) is 0 Å². The van der Waals surface area contributed by atoms with Gasteiger partial charge in [0.25, 0.3) is 0 Å². The smallest absolute Gasteiger partial charge is 0.246 e. The highest BCUT2D eigenvalue weighted by molar-refractivity contribution is 5.91. The zero-order valence-electron chi connectivity index (χ0n) is 15.8. The van der Waals surface area contributed by atoms with Crippen LogP contribution in [0.3, 0.4) is 0 Å². The van der Waals surface area contributed by atoms with Gasteiger partial charge in [-0.05, 0) is 18.9 Å². The van der Waals surface area contributed by atoms with Crippen LogP contribution in [0.5, 0.6) is 0 Å². The number of morpholine rings is 1. The molecule has 1 N–H and O–H groups in total. The molecule has 1 aromatic heterocycles. The highest BCUT2D eigenvalue weighted by Crippen LogP contribution is 2.26. The number of likely N-dealkylation sites (N-methyl/N-ethyl adjacent to an activating group) is 1. The van der Waals surface area contributed by atoms with Crippen LogP contribution in [0.2, 0.25) is 0 Å². The van der Waals surface area contributed by atoms with Gasteiger partial charge in [0.15, 0.2) is 0 Å². The van der Waals surface area contributed by atoms with Crippen LogP contribution in [0.15, 0.2) is 18.5 Å². The van der Waals surface area contributed by atoms with Crippen LogP contribution in [0, 0.1) is 0 Å². The number of hydrogen-bond donors (Lipinski definition) is 1. The van der Waals surface area contributed by atoms with E-state index in [1.807, 2.05) is 13.2 Å². The number of amides is 1. The Balaban J connectivity index is 1.66. The Kier molecular flexibility index (Phi) is 6.45. The summed E-state index contributed by atoms with van der Waals surface area (Å²) in [5, 5.41) is 15.2. The SMILES string of the molecule is CN(C(=O)/C=C/c1cnn(C)c1)[C@@H]1CCCC[C@@H](N2CCOCC2)[C@@H]1O. The van der Waals surface area contributed by atoms with Gasteiger partial charge in [-0.1, -0.05) is 12.8 Å². The second-order valence-electron chi connectivity index (χ2n) is 7.29. The number of rotatable bonds is 4. The van der Waals surface area contributed by atoms with E-state index in [0.717, 1.165) is 57.6 Å². The van der Waals surface area contributed by atoms with Crippen LogP contribution in [0.25, 0.3) is 6.08 Å². The van der Waals surface area contributed by atoms with Crippen LogP contribution in [0.1, 0.15) is 31.2 Å². The van der Waals surface area contributed by atoms with E-state index in [1.54, 1.807) is 35.0 Å². The molecule has 0 spiro atoms. The van der Waals surface area contributed by atoms with E-state index in [9.17, 15) is 9.90 Å². The van der Waals surface area contributed by atoms with Gasteiger partial charge in [0.05, 0.1) is 31.6 Å². The molecule has 26 heavy (non-hydrogen) atoms. The van der Waals surface area contributed by atoms with Crippen LogP contribution in [-0.4, -0.2) is 82.1 Å². The second-order valence-corrected chi connectivity index (χ2v) is 7.29. The van der Waals surface area contributed by atoms with Gasteiger partial charge in [0.2, 0.25) is 5.91 Å².